The van der Waals surface area contributed by atoms with Gasteiger partial charge in [-0.3, -0.25) is 0 Å². The molecule has 0 aliphatic carbocycles. The second kappa shape index (κ2) is 6.12. The van der Waals surface area contributed by atoms with E-state index in [0.29, 0.717) is 12.3 Å². The maximum absolute atomic E-state index is 9.17. The number of nitrogens with one attached hydrogen (secondary N) is 1. The summed E-state index contributed by atoms with van der Waals surface area (Å²) in [6.07, 6.45) is 0.898. The minimum atomic E-state index is 0.143. The van der Waals surface area contributed by atoms with Gasteiger partial charge in [-0.2, -0.15) is 5.26 Å². The van der Waals surface area contributed by atoms with E-state index in [1.54, 1.807) is 7.11 Å². The van der Waals surface area contributed by atoms with Gasteiger partial charge in [0.15, 0.2) is 5.69 Å². The van der Waals surface area contributed by atoms with Gasteiger partial charge in [0.1, 0.15) is 6.07 Å². The molecular weight excluding hydrogens is 240 g/mol. The van der Waals surface area contributed by atoms with Gasteiger partial charge in [-0.25, -0.2) is 0 Å². The predicted octanol–water partition coefficient (Wildman–Crippen LogP) is 2.34. The van der Waals surface area contributed by atoms with Crippen LogP contribution in [0.15, 0.2) is 24.3 Å². The Morgan fingerprint density at radius 1 is 1.37 bits per heavy atom. The second-order valence-corrected chi connectivity index (χ2v) is 4.26. The summed E-state index contributed by atoms with van der Waals surface area (Å²) in [6.45, 7) is 2.65. The number of ether oxygens (including phenoxy) is 1. The molecule has 0 amide bonds. The number of nitriles is 1. The van der Waals surface area contributed by atoms with E-state index in [1.807, 2.05) is 24.3 Å². The first-order valence-electron chi connectivity index (χ1n) is 6.21. The Labute approximate surface area is 112 Å². The molecule has 1 aromatic heterocycles. The Hall–Kier alpha value is -2.19. The number of hydrogen-bond donors (Lipinski definition) is 1. The van der Waals surface area contributed by atoms with E-state index in [1.165, 1.54) is 0 Å². The average Bonchev–Trinajstić information content (AvgIpc) is 2.46. The second-order valence-electron chi connectivity index (χ2n) is 4.26. The summed E-state index contributed by atoms with van der Waals surface area (Å²) in [5, 5.41) is 21.4. The van der Waals surface area contributed by atoms with Crippen molar-refractivity contribution in [2.24, 2.45) is 0 Å². The maximum Gasteiger partial charge on any atom is 0.186 e. The first-order valence-corrected chi connectivity index (χ1v) is 6.21. The molecule has 0 fully saturated rings. The topological polar surface area (TPSA) is 70.8 Å². The predicted molar refractivity (Wildman–Crippen MR) is 73.8 cm³/mol. The van der Waals surface area contributed by atoms with Gasteiger partial charge in [-0.15, -0.1) is 10.2 Å². The molecule has 1 atom stereocenters. The number of methoxy groups -OCH3 is 1. The molecule has 1 N–H and O–H groups in total. The van der Waals surface area contributed by atoms with Crippen molar-refractivity contribution in [2.45, 2.75) is 19.4 Å². The summed E-state index contributed by atoms with van der Waals surface area (Å²) in [5.74, 6) is 0. The highest BCUT2D eigenvalue weighted by atomic mass is 16.5. The number of benzene rings is 1. The Balaban J connectivity index is 2.47. The summed E-state index contributed by atoms with van der Waals surface area (Å²) >= 11 is 0. The number of hydrogen-bond acceptors (Lipinski definition) is 5. The van der Waals surface area contributed by atoms with Crippen molar-refractivity contribution in [3.8, 4) is 6.07 Å². The number of rotatable bonds is 5. The van der Waals surface area contributed by atoms with E-state index in [4.69, 9.17) is 10.00 Å². The largest absolute Gasteiger partial charge is 0.383 e. The zero-order chi connectivity index (χ0) is 13.7. The van der Waals surface area contributed by atoms with Crippen LogP contribution in [0, 0.1) is 11.3 Å². The summed E-state index contributed by atoms with van der Waals surface area (Å²) in [6, 6.07) is 9.87. The van der Waals surface area contributed by atoms with Crippen molar-refractivity contribution >= 4 is 16.6 Å². The fourth-order valence-electron chi connectivity index (χ4n) is 1.94. The molecule has 1 aromatic carbocycles. The van der Waals surface area contributed by atoms with Gasteiger partial charge < -0.3 is 10.1 Å². The highest BCUT2D eigenvalue weighted by Crippen LogP contribution is 2.24. The molecule has 0 aliphatic rings. The van der Waals surface area contributed by atoms with Gasteiger partial charge in [0.05, 0.1) is 17.8 Å². The standard InChI is InChI=1S/C14H16N4O/c1-3-10(9-19-2)16-14-11-6-4-5-7-12(11)17-18-13(14)8-15/h4-7,10H,3,9H2,1-2H3,(H,16,17). The van der Waals surface area contributed by atoms with Crippen LogP contribution in [0.2, 0.25) is 0 Å². The molecule has 0 radical (unpaired) electrons. The van der Waals surface area contributed by atoms with Gasteiger partial charge >= 0.3 is 0 Å². The smallest absolute Gasteiger partial charge is 0.186 e. The van der Waals surface area contributed by atoms with Crippen LogP contribution in [-0.4, -0.2) is 30.0 Å². The van der Waals surface area contributed by atoms with Crippen molar-refractivity contribution in [1.29, 1.82) is 5.26 Å². The molecule has 0 spiro atoms. The lowest BCUT2D eigenvalue weighted by Gasteiger charge is -2.18. The quantitative estimate of drug-likeness (QED) is 0.889. The fourth-order valence-corrected chi connectivity index (χ4v) is 1.94. The lowest BCUT2D eigenvalue weighted by Crippen LogP contribution is -2.24. The molecule has 98 valence electrons. The summed E-state index contributed by atoms with van der Waals surface area (Å²) in [7, 11) is 1.67. The van der Waals surface area contributed by atoms with Gasteiger partial charge in [-0.05, 0) is 12.5 Å². The monoisotopic (exact) mass is 256 g/mol. The minimum absolute atomic E-state index is 0.143. The molecule has 0 saturated heterocycles. The number of fused-ring (bicyclic) bond motifs is 1. The zero-order valence-corrected chi connectivity index (χ0v) is 11.1. The van der Waals surface area contributed by atoms with Crippen LogP contribution in [0.1, 0.15) is 19.0 Å². The van der Waals surface area contributed by atoms with Crippen LogP contribution >= 0.6 is 0 Å². The van der Waals surface area contributed by atoms with Crippen molar-refractivity contribution in [1.82, 2.24) is 10.2 Å². The van der Waals surface area contributed by atoms with Crippen molar-refractivity contribution in [3.05, 3.63) is 30.0 Å². The number of nitrogens with zero attached hydrogens (tertiary/aromatic N) is 3. The molecule has 2 rings (SSSR count). The highest BCUT2D eigenvalue weighted by molar-refractivity contribution is 5.92. The molecule has 0 aliphatic heterocycles. The molecule has 0 saturated carbocycles. The van der Waals surface area contributed by atoms with Crippen molar-refractivity contribution < 1.29 is 4.74 Å². The molecule has 5 heteroatoms. The third kappa shape index (κ3) is 2.80. The van der Waals surface area contributed by atoms with Crippen LogP contribution < -0.4 is 5.32 Å². The average molecular weight is 256 g/mol. The normalized spacial score (nSPS) is 12.1. The SMILES string of the molecule is CCC(COC)Nc1c(C#N)nnc2ccccc12. The van der Waals surface area contributed by atoms with Crippen LogP contribution in [0.4, 0.5) is 5.69 Å². The van der Waals surface area contributed by atoms with E-state index >= 15 is 0 Å². The van der Waals surface area contributed by atoms with E-state index < -0.39 is 0 Å². The van der Waals surface area contributed by atoms with E-state index in [9.17, 15) is 0 Å². The molecular formula is C14H16N4O. The van der Waals surface area contributed by atoms with Crippen LogP contribution in [0.25, 0.3) is 10.9 Å². The molecule has 1 unspecified atom stereocenters. The Bertz CT molecular complexity index is 606. The van der Waals surface area contributed by atoms with Crippen LogP contribution in [0.5, 0.6) is 0 Å². The minimum Gasteiger partial charge on any atom is -0.383 e. The van der Waals surface area contributed by atoms with Gasteiger partial charge in [0.2, 0.25) is 0 Å². The third-order valence-electron chi connectivity index (χ3n) is 2.98. The fraction of sp³-hybridized carbons (Fsp3) is 0.357. The Morgan fingerprint density at radius 3 is 2.84 bits per heavy atom. The summed E-state index contributed by atoms with van der Waals surface area (Å²) in [4.78, 5) is 0. The van der Waals surface area contributed by atoms with E-state index in [2.05, 4.69) is 28.5 Å². The lowest BCUT2D eigenvalue weighted by atomic mass is 10.1. The molecule has 19 heavy (non-hydrogen) atoms. The molecule has 2 aromatic rings. The first kappa shape index (κ1) is 13.2. The van der Waals surface area contributed by atoms with Crippen molar-refractivity contribution in [3.63, 3.8) is 0 Å². The van der Waals surface area contributed by atoms with Gasteiger partial charge in [-0.1, -0.05) is 25.1 Å². The Kier molecular flexibility index (Phi) is 4.26. The summed E-state index contributed by atoms with van der Waals surface area (Å²) < 4.78 is 5.17. The van der Waals surface area contributed by atoms with E-state index in [-0.39, 0.29) is 6.04 Å². The first-order chi connectivity index (χ1) is 9.30. The summed E-state index contributed by atoms with van der Waals surface area (Å²) in [5.41, 5.74) is 1.82. The van der Waals surface area contributed by atoms with Crippen LogP contribution in [0.3, 0.4) is 0 Å². The third-order valence-corrected chi connectivity index (χ3v) is 2.98. The maximum atomic E-state index is 9.17. The number of anilines is 1. The highest BCUT2D eigenvalue weighted by Gasteiger charge is 2.14. The van der Waals surface area contributed by atoms with Gasteiger partial charge in [0, 0.05) is 18.5 Å². The van der Waals surface area contributed by atoms with E-state index in [0.717, 1.165) is 23.0 Å². The molecule has 5 nitrogen and oxygen atoms in total. The Morgan fingerprint density at radius 2 is 2.16 bits per heavy atom. The number of aromatic nitrogens is 2. The van der Waals surface area contributed by atoms with Crippen molar-refractivity contribution in [2.75, 3.05) is 19.0 Å². The molecule has 0 bridgehead atoms. The zero-order valence-electron chi connectivity index (χ0n) is 11.1. The molecule has 1 heterocycles. The van der Waals surface area contributed by atoms with Crippen LogP contribution in [-0.2, 0) is 4.74 Å². The van der Waals surface area contributed by atoms with Gasteiger partial charge in [0.25, 0.3) is 0 Å². The lowest BCUT2D eigenvalue weighted by molar-refractivity contribution is 0.184.